The summed E-state index contributed by atoms with van der Waals surface area (Å²) in [6.45, 7) is 0.750. The maximum absolute atomic E-state index is 12.5. The maximum atomic E-state index is 12.5. The molecule has 116 valence electrons. The first-order valence-corrected chi connectivity index (χ1v) is 8.16. The first kappa shape index (κ1) is 15.1. The van der Waals surface area contributed by atoms with Gasteiger partial charge in [-0.15, -0.1) is 11.3 Å². The Kier molecular flexibility index (Phi) is 4.52. The van der Waals surface area contributed by atoms with E-state index in [9.17, 15) is 9.90 Å². The van der Waals surface area contributed by atoms with Gasteiger partial charge in [0.15, 0.2) is 0 Å². The number of aliphatic hydroxyl groups excluding tert-OH is 2. The fourth-order valence-electron chi connectivity index (χ4n) is 2.62. The fraction of sp³-hybridized carbons (Fsp3) is 0.375. The number of benzene rings is 1. The quantitative estimate of drug-likeness (QED) is 0.902. The second kappa shape index (κ2) is 6.56. The molecule has 1 aromatic heterocycles. The summed E-state index contributed by atoms with van der Waals surface area (Å²) in [5, 5.41) is 21.7. The van der Waals surface area contributed by atoms with Crippen LogP contribution < -0.4 is 0 Å². The molecule has 3 rings (SSSR count). The summed E-state index contributed by atoms with van der Waals surface area (Å²) in [6.07, 6.45) is -0.0612. The van der Waals surface area contributed by atoms with Gasteiger partial charge in [0.2, 0.25) is 0 Å². The van der Waals surface area contributed by atoms with E-state index in [0.29, 0.717) is 18.7 Å². The Balaban J connectivity index is 1.72. The number of amides is 1. The van der Waals surface area contributed by atoms with Crippen molar-refractivity contribution in [2.45, 2.75) is 12.5 Å². The van der Waals surface area contributed by atoms with E-state index in [1.54, 1.807) is 10.3 Å². The minimum atomic E-state index is -0.671. The Morgan fingerprint density at radius 3 is 2.82 bits per heavy atom. The first-order chi connectivity index (χ1) is 10.7. The van der Waals surface area contributed by atoms with Crippen molar-refractivity contribution < 1.29 is 15.0 Å². The SMILES string of the molecule is O=C(c1csc(-c2ccccc2)n1)N1CC[C@H](CO)[C@H](O)C1. The summed E-state index contributed by atoms with van der Waals surface area (Å²) < 4.78 is 0. The molecule has 1 aliphatic rings. The average molecular weight is 318 g/mol. The molecule has 2 aromatic rings. The number of aliphatic hydroxyl groups is 2. The second-order valence-corrected chi connectivity index (χ2v) is 6.31. The maximum Gasteiger partial charge on any atom is 0.273 e. The molecule has 6 heteroatoms. The van der Waals surface area contributed by atoms with Gasteiger partial charge in [0.25, 0.3) is 5.91 Å². The summed E-state index contributed by atoms with van der Waals surface area (Å²) in [6, 6.07) is 9.74. The third-order valence-corrected chi connectivity index (χ3v) is 4.88. The number of aromatic nitrogens is 1. The van der Waals surface area contributed by atoms with Crippen molar-refractivity contribution in [2.24, 2.45) is 5.92 Å². The van der Waals surface area contributed by atoms with E-state index >= 15 is 0 Å². The van der Waals surface area contributed by atoms with Crippen molar-refractivity contribution in [2.75, 3.05) is 19.7 Å². The van der Waals surface area contributed by atoms with Gasteiger partial charge < -0.3 is 15.1 Å². The smallest absolute Gasteiger partial charge is 0.273 e. The van der Waals surface area contributed by atoms with E-state index in [4.69, 9.17) is 5.11 Å². The molecule has 5 nitrogen and oxygen atoms in total. The Hall–Kier alpha value is -1.76. The Bertz CT molecular complexity index is 644. The van der Waals surface area contributed by atoms with Crippen LogP contribution >= 0.6 is 11.3 Å². The standard InChI is InChI=1S/C16H18N2O3S/c19-9-12-6-7-18(8-14(12)20)16(21)13-10-22-15(17-13)11-4-2-1-3-5-11/h1-5,10,12,14,19-20H,6-9H2/t12-,14-/m1/s1. The predicted octanol–water partition coefficient (Wildman–Crippen LogP) is 1.63. The van der Waals surface area contributed by atoms with E-state index in [-0.39, 0.29) is 25.0 Å². The fourth-order valence-corrected chi connectivity index (χ4v) is 3.42. The topological polar surface area (TPSA) is 73.7 Å². The summed E-state index contributed by atoms with van der Waals surface area (Å²) in [5.41, 5.74) is 1.41. The molecule has 1 fully saturated rings. The van der Waals surface area contributed by atoms with Gasteiger partial charge in [-0.1, -0.05) is 30.3 Å². The van der Waals surface area contributed by atoms with Crippen LogP contribution in [0, 0.1) is 5.92 Å². The lowest BCUT2D eigenvalue weighted by molar-refractivity contribution is 0.000694. The first-order valence-electron chi connectivity index (χ1n) is 7.28. The zero-order chi connectivity index (χ0) is 15.5. The van der Waals surface area contributed by atoms with E-state index in [1.807, 2.05) is 30.3 Å². The molecular formula is C16H18N2O3S. The molecule has 0 aliphatic carbocycles. The van der Waals surface area contributed by atoms with Crippen LogP contribution in [-0.4, -0.2) is 51.8 Å². The van der Waals surface area contributed by atoms with Crippen LogP contribution in [0.3, 0.4) is 0 Å². The van der Waals surface area contributed by atoms with Crippen LogP contribution in [0.5, 0.6) is 0 Å². The van der Waals surface area contributed by atoms with Crippen LogP contribution in [0.1, 0.15) is 16.9 Å². The zero-order valence-electron chi connectivity index (χ0n) is 12.1. The number of nitrogens with zero attached hydrogens (tertiary/aromatic N) is 2. The number of carbonyl (C=O) groups excluding carboxylic acids is 1. The summed E-state index contributed by atoms with van der Waals surface area (Å²) in [4.78, 5) is 18.5. The summed E-state index contributed by atoms with van der Waals surface area (Å²) in [5.74, 6) is -0.298. The lowest BCUT2D eigenvalue weighted by Gasteiger charge is -2.34. The van der Waals surface area contributed by atoms with E-state index in [2.05, 4.69) is 4.98 Å². The molecule has 0 bridgehead atoms. The Labute approximate surface area is 132 Å². The Morgan fingerprint density at radius 2 is 2.14 bits per heavy atom. The number of thiazole rings is 1. The molecule has 2 atom stereocenters. The zero-order valence-corrected chi connectivity index (χ0v) is 12.9. The van der Waals surface area contributed by atoms with Crippen LogP contribution in [0.15, 0.2) is 35.7 Å². The minimum absolute atomic E-state index is 0.0436. The van der Waals surface area contributed by atoms with Gasteiger partial charge >= 0.3 is 0 Å². The van der Waals surface area contributed by atoms with Gasteiger partial charge in [0.05, 0.1) is 6.10 Å². The number of hydrogen-bond acceptors (Lipinski definition) is 5. The van der Waals surface area contributed by atoms with Crippen molar-refractivity contribution in [3.8, 4) is 10.6 Å². The van der Waals surface area contributed by atoms with Gasteiger partial charge in [-0.05, 0) is 6.42 Å². The molecule has 2 heterocycles. The highest BCUT2D eigenvalue weighted by atomic mass is 32.1. The van der Waals surface area contributed by atoms with Crippen molar-refractivity contribution >= 4 is 17.2 Å². The van der Waals surface area contributed by atoms with E-state index in [0.717, 1.165) is 10.6 Å². The van der Waals surface area contributed by atoms with E-state index < -0.39 is 6.10 Å². The molecule has 0 saturated carbocycles. The number of piperidine rings is 1. The van der Waals surface area contributed by atoms with Crippen molar-refractivity contribution in [1.82, 2.24) is 9.88 Å². The molecule has 0 spiro atoms. The molecule has 0 unspecified atom stereocenters. The highest BCUT2D eigenvalue weighted by Crippen LogP contribution is 2.25. The van der Waals surface area contributed by atoms with Gasteiger partial charge in [-0.25, -0.2) is 4.98 Å². The van der Waals surface area contributed by atoms with Gasteiger partial charge in [-0.3, -0.25) is 4.79 Å². The molecule has 1 aromatic carbocycles. The molecule has 1 saturated heterocycles. The van der Waals surface area contributed by atoms with Crippen LogP contribution in [0.2, 0.25) is 0 Å². The number of likely N-dealkylation sites (tertiary alicyclic amines) is 1. The van der Waals surface area contributed by atoms with Crippen molar-refractivity contribution in [3.63, 3.8) is 0 Å². The lowest BCUT2D eigenvalue weighted by atomic mass is 9.94. The van der Waals surface area contributed by atoms with Gasteiger partial charge in [-0.2, -0.15) is 0 Å². The Morgan fingerprint density at radius 1 is 1.36 bits per heavy atom. The third-order valence-electron chi connectivity index (χ3n) is 3.99. The van der Waals surface area contributed by atoms with Gasteiger partial charge in [0, 0.05) is 36.6 Å². The summed E-state index contributed by atoms with van der Waals surface area (Å²) >= 11 is 1.44. The number of hydrogen-bond donors (Lipinski definition) is 2. The number of β-amino-alcohol motifs (C(OH)–C–C–N with tert-alkyl or cyclic N) is 1. The average Bonchev–Trinajstić information content (AvgIpc) is 3.05. The van der Waals surface area contributed by atoms with Crippen LogP contribution in [-0.2, 0) is 0 Å². The third kappa shape index (κ3) is 3.04. The molecule has 22 heavy (non-hydrogen) atoms. The molecule has 2 N–H and O–H groups in total. The predicted molar refractivity (Wildman–Crippen MR) is 84.7 cm³/mol. The monoisotopic (exact) mass is 318 g/mol. The molecule has 1 aliphatic heterocycles. The number of carbonyl (C=O) groups is 1. The molecular weight excluding hydrogens is 300 g/mol. The number of rotatable bonds is 3. The molecule has 1 amide bonds. The highest BCUT2D eigenvalue weighted by molar-refractivity contribution is 7.13. The largest absolute Gasteiger partial charge is 0.396 e. The van der Waals surface area contributed by atoms with Gasteiger partial charge in [0.1, 0.15) is 10.7 Å². The van der Waals surface area contributed by atoms with E-state index in [1.165, 1.54) is 11.3 Å². The summed E-state index contributed by atoms with van der Waals surface area (Å²) in [7, 11) is 0. The minimum Gasteiger partial charge on any atom is -0.396 e. The van der Waals surface area contributed by atoms with Crippen molar-refractivity contribution in [1.29, 1.82) is 0 Å². The normalized spacial score (nSPS) is 21.8. The van der Waals surface area contributed by atoms with Crippen molar-refractivity contribution in [3.05, 3.63) is 41.4 Å². The highest BCUT2D eigenvalue weighted by Gasteiger charge is 2.30. The molecule has 0 radical (unpaired) electrons. The van der Waals surface area contributed by atoms with Crippen LogP contribution in [0.4, 0.5) is 0 Å². The van der Waals surface area contributed by atoms with Crippen LogP contribution in [0.25, 0.3) is 10.6 Å². The lowest BCUT2D eigenvalue weighted by Crippen LogP contribution is -2.47. The second-order valence-electron chi connectivity index (χ2n) is 5.45.